The van der Waals surface area contributed by atoms with Gasteiger partial charge < -0.3 is 19.5 Å². The summed E-state index contributed by atoms with van der Waals surface area (Å²) in [5, 5.41) is 2.74. The summed E-state index contributed by atoms with van der Waals surface area (Å²) in [6.07, 6.45) is 0. The summed E-state index contributed by atoms with van der Waals surface area (Å²) in [6.45, 7) is -0.397. The van der Waals surface area contributed by atoms with Gasteiger partial charge in [0.25, 0.3) is 5.91 Å². The molecule has 0 spiro atoms. The number of nitrogens with one attached hydrogen (secondary N) is 1. The summed E-state index contributed by atoms with van der Waals surface area (Å²) in [7, 11) is 3.00. The summed E-state index contributed by atoms with van der Waals surface area (Å²) >= 11 is 0. The van der Waals surface area contributed by atoms with Crippen LogP contribution in [0, 0.1) is 0 Å². The zero-order valence-corrected chi connectivity index (χ0v) is 20.4. The third-order valence-corrected chi connectivity index (χ3v) is 5.65. The minimum absolute atomic E-state index is 0.206. The smallest absolute Gasteiger partial charge is 0.338 e. The Balaban J connectivity index is 1.36. The quantitative estimate of drug-likeness (QED) is 0.238. The molecule has 0 aliphatic heterocycles. The molecule has 37 heavy (non-hydrogen) atoms. The first-order valence-electron chi connectivity index (χ1n) is 11.5. The largest absolute Gasteiger partial charge is 0.493 e. The molecule has 0 aromatic heterocycles. The fraction of sp³-hybridized carbons (Fsp3) is 0.100. The molecule has 0 atom stereocenters. The number of anilines is 1. The Morgan fingerprint density at radius 1 is 0.649 bits per heavy atom. The highest BCUT2D eigenvalue weighted by atomic mass is 16.5. The van der Waals surface area contributed by atoms with Crippen molar-refractivity contribution in [2.45, 2.75) is 0 Å². The number of amides is 1. The topological polar surface area (TPSA) is 90.9 Å². The van der Waals surface area contributed by atoms with Crippen molar-refractivity contribution in [1.82, 2.24) is 0 Å². The van der Waals surface area contributed by atoms with Gasteiger partial charge in [-0.2, -0.15) is 0 Å². The molecule has 0 heterocycles. The van der Waals surface area contributed by atoms with Crippen LogP contribution in [0.15, 0.2) is 97.1 Å². The van der Waals surface area contributed by atoms with Gasteiger partial charge in [-0.15, -0.1) is 0 Å². The summed E-state index contributed by atoms with van der Waals surface area (Å²) in [4.78, 5) is 37.8. The van der Waals surface area contributed by atoms with E-state index in [1.165, 1.54) is 20.3 Å². The van der Waals surface area contributed by atoms with Crippen molar-refractivity contribution in [1.29, 1.82) is 0 Å². The number of carbonyl (C=O) groups is 3. The van der Waals surface area contributed by atoms with E-state index in [0.717, 1.165) is 11.1 Å². The zero-order chi connectivity index (χ0) is 26.2. The Labute approximate surface area is 214 Å². The number of esters is 1. The van der Waals surface area contributed by atoms with E-state index in [-0.39, 0.29) is 17.3 Å². The first-order valence-corrected chi connectivity index (χ1v) is 11.5. The molecule has 0 bridgehead atoms. The zero-order valence-electron chi connectivity index (χ0n) is 20.4. The van der Waals surface area contributed by atoms with Gasteiger partial charge in [0.05, 0.1) is 19.8 Å². The van der Waals surface area contributed by atoms with Crippen LogP contribution in [-0.4, -0.2) is 38.5 Å². The van der Waals surface area contributed by atoms with Gasteiger partial charge in [-0.3, -0.25) is 9.59 Å². The Kier molecular flexibility index (Phi) is 7.95. The van der Waals surface area contributed by atoms with Crippen molar-refractivity contribution in [3.63, 3.8) is 0 Å². The highest BCUT2D eigenvalue weighted by molar-refractivity contribution is 6.05. The van der Waals surface area contributed by atoms with Crippen LogP contribution in [0.2, 0.25) is 0 Å². The molecule has 0 saturated carbocycles. The molecule has 0 saturated heterocycles. The van der Waals surface area contributed by atoms with E-state index < -0.39 is 12.6 Å². The number of benzene rings is 4. The van der Waals surface area contributed by atoms with Crippen LogP contribution >= 0.6 is 0 Å². The predicted octanol–water partition coefficient (Wildman–Crippen LogP) is 5.66. The van der Waals surface area contributed by atoms with Crippen molar-refractivity contribution in [2.75, 3.05) is 26.1 Å². The van der Waals surface area contributed by atoms with Crippen LogP contribution in [0.4, 0.5) is 5.69 Å². The lowest BCUT2D eigenvalue weighted by Gasteiger charge is -2.11. The van der Waals surface area contributed by atoms with Crippen LogP contribution in [0.1, 0.15) is 31.1 Å². The molecular formula is C30H25NO6. The number of methoxy groups -OCH3 is 2. The number of rotatable bonds is 9. The minimum Gasteiger partial charge on any atom is -0.493 e. The normalized spacial score (nSPS) is 10.3. The number of Topliss-reactive ketones (excluding diaryl/α,β-unsaturated/α-hetero) is 1. The van der Waals surface area contributed by atoms with Crippen LogP contribution in [-0.2, 0) is 4.74 Å². The Bertz CT molecular complexity index is 1410. The number of carbonyl (C=O) groups excluding carboxylic acids is 3. The van der Waals surface area contributed by atoms with E-state index in [4.69, 9.17) is 14.2 Å². The third kappa shape index (κ3) is 6.21. The first-order chi connectivity index (χ1) is 18.0. The predicted molar refractivity (Wildman–Crippen MR) is 140 cm³/mol. The summed E-state index contributed by atoms with van der Waals surface area (Å²) in [5.41, 5.74) is 3.44. The maximum absolute atomic E-state index is 12.7. The molecule has 4 rings (SSSR count). The average molecular weight is 496 g/mol. The Morgan fingerprint density at radius 2 is 1.32 bits per heavy atom. The Hall–Kier alpha value is -4.91. The number of hydrogen-bond acceptors (Lipinski definition) is 6. The van der Waals surface area contributed by atoms with Gasteiger partial charge in [-0.25, -0.2) is 4.79 Å². The van der Waals surface area contributed by atoms with Crippen LogP contribution < -0.4 is 14.8 Å². The third-order valence-electron chi connectivity index (χ3n) is 5.65. The second kappa shape index (κ2) is 11.7. The fourth-order valence-corrected chi connectivity index (χ4v) is 3.68. The molecule has 186 valence electrons. The van der Waals surface area contributed by atoms with Crippen LogP contribution in [0.3, 0.4) is 0 Å². The van der Waals surface area contributed by atoms with Crippen LogP contribution in [0.5, 0.6) is 11.5 Å². The van der Waals surface area contributed by atoms with E-state index in [1.807, 2.05) is 42.5 Å². The monoisotopic (exact) mass is 495 g/mol. The average Bonchev–Trinajstić information content (AvgIpc) is 2.96. The minimum atomic E-state index is -0.670. The molecule has 0 fully saturated rings. The molecule has 0 radical (unpaired) electrons. The van der Waals surface area contributed by atoms with Crippen LogP contribution in [0.25, 0.3) is 11.1 Å². The van der Waals surface area contributed by atoms with Crippen molar-refractivity contribution >= 4 is 23.3 Å². The molecule has 7 nitrogen and oxygen atoms in total. The van der Waals surface area contributed by atoms with Crippen molar-refractivity contribution in [3.05, 3.63) is 114 Å². The molecule has 4 aromatic rings. The van der Waals surface area contributed by atoms with Gasteiger partial charge in [-0.05, 0) is 47.5 Å². The second-order valence-electron chi connectivity index (χ2n) is 8.05. The SMILES string of the molecule is COc1ccc(C(=O)Nc2cccc(C(=O)OCC(=O)c3ccc(-c4ccccc4)cc3)c2)cc1OC. The molecule has 1 amide bonds. The van der Waals surface area contributed by atoms with Crippen molar-refractivity contribution in [3.8, 4) is 22.6 Å². The summed E-state index contributed by atoms with van der Waals surface area (Å²) in [5.74, 6) is -0.444. The van der Waals surface area contributed by atoms with Gasteiger partial charge in [0.15, 0.2) is 23.9 Å². The summed E-state index contributed by atoms with van der Waals surface area (Å²) in [6, 6.07) is 28.0. The van der Waals surface area contributed by atoms with Gasteiger partial charge in [0.1, 0.15) is 0 Å². The number of ether oxygens (including phenoxy) is 3. The van der Waals surface area contributed by atoms with E-state index in [0.29, 0.717) is 28.3 Å². The standard InChI is InChI=1S/C30H25NO6/c1-35-27-16-15-23(18-28(27)36-2)29(33)31-25-10-6-9-24(17-25)30(34)37-19-26(32)22-13-11-21(12-14-22)20-7-4-3-5-8-20/h3-18H,19H2,1-2H3,(H,31,33). The van der Waals surface area contributed by atoms with E-state index in [9.17, 15) is 14.4 Å². The van der Waals surface area contributed by atoms with E-state index in [2.05, 4.69) is 5.32 Å². The Morgan fingerprint density at radius 3 is 2.03 bits per heavy atom. The molecule has 0 aliphatic rings. The second-order valence-corrected chi connectivity index (χ2v) is 8.05. The lowest BCUT2D eigenvalue weighted by atomic mass is 10.0. The van der Waals surface area contributed by atoms with Gasteiger partial charge in [0.2, 0.25) is 0 Å². The van der Waals surface area contributed by atoms with Crippen molar-refractivity contribution < 1.29 is 28.6 Å². The van der Waals surface area contributed by atoms with E-state index >= 15 is 0 Å². The fourth-order valence-electron chi connectivity index (χ4n) is 3.68. The van der Waals surface area contributed by atoms with E-state index in [1.54, 1.807) is 48.5 Å². The maximum atomic E-state index is 12.7. The number of ketones is 1. The van der Waals surface area contributed by atoms with Gasteiger partial charge >= 0.3 is 5.97 Å². The summed E-state index contributed by atoms with van der Waals surface area (Å²) < 4.78 is 15.7. The molecule has 0 aliphatic carbocycles. The number of hydrogen-bond donors (Lipinski definition) is 1. The molecule has 7 heteroatoms. The lowest BCUT2D eigenvalue weighted by Crippen LogP contribution is -2.15. The highest BCUT2D eigenvalue weighted by Crippen LogP contribution is 2.28. The molecular weight excluding hydrogens is 470 g/mol. The molecule has 1 N–H and O–H groups in total. The highest BCUT2D eigenvalue weighted by Gasteiger charge is 2.15. The molecule has 0 unspecified atom stereocenters. The first kappa shape index (κ1) is 25.2. The maximum Gasteiger partial charge on any atom is 0.338 e. The lowest BCUT2D eigenvalue weighted by molar-refractivity contribution is 0.0474. The van der Waals surface area contributed by atoms with Gasteiger partial charge in [0, 0.05) is 16.8 Å². The van der Waals surface area contributed by atoms with Gasteiger partial charge in [-0.1, -0.05) is 60.7 Å². The molecule has 4 aromatic carbocycles. The van der Waals surface area contributed by atoms with Crippen molar-refractivity contribution in [2.24, 2.45) is 0 Å².